The van der Waals surface area contributed by atoms with Gasteiger partial charge in [0.25, 0.3) is 11.8 Å². The van der Waals surface area contributed by atoms with Crippen molar-refractivity contribution in [1.29, 1.82) is 0 Å². The molecule has 10 nitrogen and oxygen atoms in total. The number of fused-ring (bicyclic) bond motifs is 1. The number of hydrogen-bond acceptors (Lipinski definition) is 7. The van der Waals surface area contributed by atoms with Crippen LogP contribution in [0.4, 0.5) is 0 Å². The van der Waals surface area contributed by atoms with E-state index in [4.69, 9.17) is 0 Å². The summed E-state index contributed by atoms with van der Waals surface area (Å²) in [6.45, 7) is 4.74. The predicted octanol–water partition coefficient (Wildman–Crippen LogP) is 2.42. The van der Waals surface area contributed by atoms with Gasteiger partial charge in [-0.3, -0.25) is 14.6 Å². The van der Waals surface area contributed by atoms with Crippen LogP contribution in [0.3, 0.4) is 0 Å². The first-order valence-electron chi connectivity index (χ1n) is 12.7. The van der Waals surface area contributed by atoms with Gasteiger partial charge in [-0.1, -0.05) is 0 Å². The minimum atomic E-state index is -3.67. The van der Waals surface area contributed by atoms with Crippen LogP contribution < -0.4 is 0 Å². The number of aliphatic hydroxyl groups is 1. The van der Waals surface area contributed by atoms with Crippen molar-refractivity contribution in [2.75, 3.05) is 19.3 Å². The first kappa shape index (κ1) is 24.7. The molecule has 1 atom stereocenters. The zero-order valence-electron chi connectivity index (χ0n) is 21.4. The molecular formula is C27H29N5O5S. The molecule has 6 rings (SSSR count). The molecule has 1 aromatic carbocycles. The van der Waals surface area contributed by atoms with Gasteiger partial charge in [-0.15, -0.1) is 0 Å². The van der Waals surface area contributed by atoms with Crippen LogP contribution in [0.25, 0.3) is 22.6 Å². The third-order valence-electron chi connectivity index (χ3n) is 7.78. The third-order valence-corrected chi connectivity index (χ3v) is 8.90. The van der Waals surface area contributed by atoms with Crippen LogP contribution in [0, 0.1) is 12.8 Å². The fourth-order valence-electron chi connectivity index (χ4n) is 5.37. The van der Waals surface area contributed by atoms with Crippen molar-refractivity contribution in [2.45, 2.75) is 50.3 Å². The third kappa shape index (κ3) is 4.19. The number of aliphatic hydroxyl groups excluding tert-OH is 1. The van der Waals surface area contributed by atoms with Gasteiger partial charge in [0.05, 0.1) is 22.3 Å². The minimum absolute atomic E-state index is 0.0392. The van der Waals surface area contributed by atoms with E-state index in [0.717, 1.165) is 24.7 Å². The molecule has 11 heteroatoms. The van der Waals surface area contributed by atoms with Crippen LogP contribution in [0.1, 0.15) is 51.9 Å². The summed E-state index contributed by atoms with van der Waals surface area (Å²) in [4.78, 5) is 41.4. The van der Waals surface area contributed by atoms with Crippen LogP contribution in [-0.4, -0.2) is 81.6 Å². The van der Waals surface area contributed by atoms with Crippen LogP contribution in [-0.2, 0) is 16.4 Å². The molecule has 4 heterocycles. The maximum absolute atomic E-state index is 13.3. The van der Waals surface area contributed by atoms with E-state index >= 15 is 0 Å². The van der Waals surface area contributed by atoms with Gasteiger partial charge in [0.1, 0.15) is 11.4 Å². The number of aromatic nitrogens is 3. The highest BCUT2D eigenvalue weighted by Crippen LogP contribution is 2.41. The highest BCUT2D eigenvalue weighted by Gasteiger charge is 2.41. The second-order valence-corrected chi connectivity index (χ2v) is 12.6. The topological polar surface area (TPSA) is 137 Å². The van der Waals surface area contributed by atoms with Crippen LogP contribution in [0.2, 0.25) is 0 Å². The van der Waals surface area contributed by atoms with E-state index in [1.165, 1.54) is 0 Å². The summed E-state index contributed by atoms with van der Waals surface area (Å²) in [5.41, 5.74) is 3.73. The number of amides is 2. The summed E-state index contributed by atoms with van der Waals surface area (Å²) in [7, 11) is -3.67. The number of hydrogen-bond donors (Lipinski definition) is 2. The lowest BCUT2D eigenvalue weighted by Crippen LogP contribution is -2.53. The number of pyridine rings is 1. The summed E-state index contributed by atoms with van der Waals surface area (Å²) in [6, 6.07) is 7.08. The van der Waals surface area contributed by atoms with Gasteiger partial charge in [-0.25, -0.2) is 13.4 Å². The zero-order chi connectivity index (χ0) is 26.9. The fourth-order valence-corrected chi connectivity index (χ4v) is 6.30. The Balaban J connectivity index is 1.36. The summed E-state index contributed by atoms with van der Waals surface area (Å²) in [5.74, 6) is 0.434. The Morgan fingerprint density at radius 1 is 1.18 bits per heavy atom. The van der Waals surface area contributed by atoms with Crippen molar-refractivity contribution in [1.82, 2.24) is 24.8 Å². The van der Waals surface area contributed by atoms with E-state index in [2.05, 4.69) is 15.0 Å². The summed E-state index contributed by atoms with van der Waals surface area (Å²) >= 11 is 0. The van der Waals surface area contributed by atoms with E-state index in [1.54, 1.807) is 41.1 Å². The summed E-state index contributed by atoms with van der Waals surface area (Å²) in [5, 5.41) is 9.53. The molecule has 3 aromatic rings. The Hall–Kier alpha value is -3.57. The van der Waals surface area contributed by atoms with Gasteiger partial charge in [0.2, 0.25) is 0 Å². The first-order chi connectivity index (χ1) is 18.0. The quantitative estimate of drug-likeness (QED) is 0.495. The Labute approximate surface area is 220 Å². The molecule has 3 aliphatic rings. The number of H-pyrrole nitrogens is 1. The van der Waals surface area contributed by atoms with Crippen molar-refractivity contribution in [3.8, 4) is 22.6 Å². The lowest BCUT2D eigenvalue weighted by atomic mass is 10.0. The van der Waals surface area contributed by atoms with Crippen molar-refractivity contribution in [3.63, 3.8) is 0 Å². The number of sulfone groups is 1. The molecule has 1 saturated carbocycles. The van der Waals surface area contributed by atoms with Gasteiger partial charge < -0.3 is 19.9 Å². The number of carbonyl (C=O) groups excluding carboxylic acids is 2. The predicted molar refractivity (Wildman–Crippen MR) is 139 cm³/mol. The highest BCUT2D eigenvalue weighted by molar-refractivity contribution is 7.90. The van der Waals surface area contributed by atoms with E-state index in [1.807, 2.05) is 13.0 Å². The van der Waals surface area contributed by atoms with Gasteiger partial charge in [-0.2, -0.15) is 0 Å². The molecule has 0 radical (unpaired) electrons. The first-order valence-corrected chi connectivity index (χ1v) is 14.6. The summed E-state index contributed by atoms with van der Waals surface area (Å²) < 4.78 is 25.6. The van der Waals surface area contributed by atoms with E-state index in [0.29, 0.717) is 59.6 Å². The van der Waals surface area contributed by atoms with Gasteiger partial charge >= 0.3 is 0 Å². The molecule has 0 bridgehead atoms. The monoisotopic (exact) mass is 535 g/mol. The molecule has 2 fully saturated rings. The summed E-state index contributed by atoms with van der Waals surface area (Å²) in [6.07, 6.45) is 4.42. The van der Waals surface area contributed by atoms with E-state index < -0.39 is 15.9 Å². The van der Waals surface area contributed by atoms with Crippen molar-refractivity contribution >= 4 is 21.7 Å². The average Bonchev–Trinajstić information content (AvgIpc) is 3.56. The number of nitrogens with zero attached hydrogens (tertiary/aromatic N) is 4. The molecule has 2 aliphatic heterocycles. The molecule has 38 heavy (non-hydrogen) atoms. The largest absolute Gasteiger partial charge is 0.389 e. The van der Waals surface area contributed by atoms with Gasteiger partial charge in [-0.05, 0) is 73.6 Å². The van der Waals surface area contributed by atoms with Gasteiger partial charge in [0.15, 0.2) is 15.7 Å². The van der Waals surface area contributed by atoms with Crippen LogP contribution >= 0.6 is 0 Å². The number of carbonyl (C=O) groups is 2. The SMILES string of the molecule is Cc1nc(-c2cc(-c3cc4c(c(S(C)(=O)=O)c3)C(=O)N([C@@H](C)C3CC3)C4)ccn2)[nH]c1C(=O)N1CC(O)C1. The number of aromatic amines is 1. The smallest absolute Gasteiger partial charge is 0.272 e. The van der Waals surface area contributed by atoms with E-state index in [-0.39, 0.29) is 28.3 Å². The number of imidazole rings is 1. The Morgan fingerprint density at radius 3 is 2.58 bits per heavy atom. The number of aryl methyl sites for hydroxylation is 1. The Bertz CT molecular complexity index is 1590. The zero-order valence-corrected chi connectivity index (χ0v) is 22.2. The molecule has 2 aromatic heterocycles. The molecular weight excluding hydrogens is 506 g/mol. The van der Waals surface area contributed by atoms with Crippen molar-refractivity contribution in [2.24, 2.45) is 5.92 Å². The number of rotatable bonds is 6. The average molecular weight is 536 g/mol. The fraction of sp³-hybridized carbons (Fsp3) is 0.407. The Morgan fingerprint density at radius 2 is 1.92 bits per heavy atom. The minimum Gasteiger partial charge on any atom is -0.389 e. The number of benzene rings is 1. The van der Waals surface area contributed by atoms with Crippen molar-refractivity contribution < 1.29 is 23.1 Å². The van der Waals surface area contributed by atoms with Crippen LogP contribution in [0.15, 0.2) is 35.4 Å². The normalized spacial score (nSPS) is 18.5. The molecule has 1 saturated heterocycles. The lowest BCUT2D eigenvalue weighted by Gasteiger charge is -2.35. The number of β-amino-alcohol motifs (C(OH)–C–C–N with tert-alkyl or cyclic N) is 1. The second-order valence-electron chi connectivity index (χ2n) is 10.6. The molecule has 198 valence electrons. The second kappa shape index (κ2) is 8.74. The lowest BCUT2D eigenvalue weighted by molar-refractivity contribution is 0.00549. The molecule has 2 N–H and O–H groups in total. The molecule has 0 spiro atoms. The maximum atomic E-state index is 13.3. The molecule has 1 aliphatic carbocycles. The number of likely N-dealkylation sites (tertiary alicyclic amines) is 1. The number of nitrogens with one attached hydrogen (secondary N) is 1. The molecule has 0 unspecified atom stereocenters. The highest BCUT2D eigenvalue weighted by atomic mass is 32.2. The van der Waals surface area contributed by atoms with Crippen molar-refractivity contribution in [3.05, 3.63) is 53.0 Å². The standard InChI is InChI=1S/C27H29N5O5S/c1-14-24(27(35)31-12-20(33)13-31)30-25(29-14)21-9-17(6-7-28-21)18-8-19-11-32(15(2)16-4-5-16)26(34)23(19)22(10-18)38(3,36)37/h6-10,15-16,20,33H,4-5,11-13H2,1-3H3,(H,29,30)/t15-/m0/s1. The molecule has 2 amide bonds. The Kier molecular flexibility index (Phi) is 5.69. The van der Waals surface area contributed by atoms with Gasteiger partial charge in [0, 0.05) is 38.1 Å². The van der Waals surface area contributed by atoms with Crippen LogP contribution in [0.5, 0.6) is 0 Å². The maximum Gasteiger partial charge on any atom is 0.272 e. The van der Waals surface area contributed by atoms with E-state index in [9.17, 15) is 23.1 Å².